The van der Waals surface area contributed by atoms with Crippen LogP contribution in [0.15, 0.2) is 36.5 Å². The fourth-order valence-electron chi connectivity index (χ4n) is 1.82. The van der Waals surface area contributed by atoms with Crippen LogP contribution >= 0.6 is 0 Å². The largest absolute Gasteiger partial charge is 0.496 e. The molecular weight excluding hydrogens is 301 g/mol. The lowest BCUT2D eigenvalue weighted by atomic mass is 10.1. The van der Waals surface area contributed by atoms with Crippen LogP contribution in [0.5, 0.6) is 5.75 Å². The molecule has 1 heterocycles. The minimum atomic E-state index is -4.59. The van der Waals surface area contributed by atoms with E-state index in [-0.39, 0.29) is 22.8 Å². The van der Waals surface area contributed by atoms with Gasteiger partial charge in [-0.1, -0.05) is 0 Å². The van der Waals surface area contributed by atoms with Crippen molar-refractivity contribution < 1.29 is 27.8 Å². The zero-order valence-corrected chi connectivity index (χ0v) is 11.3. The Morgan fingerprint density at radius 2 is 2.05 bits per heavy atom. The second kappa shape index (κ2) is 5.92. The molecule has 0 unspecified atom stereocenters. The summed E-state index contributed by atoms with van der Waals surface area (Å²) >= 11 is 0. The van der Waals surface area contributed by atoms with Crippen LogP contribution in [0.2, 0.25) is 0 Å². The Morgan fingerprint density at radius 1 is 1.32 bits per heavy atom. The number of anilines is 2. The Hall–Kier alpha value is -2.77. The summed E-state index contributed by atoms with van der Waals surface area (Å²) in [4.78, 5) is 14.9. The minimum Gasteiger partial charge on any atom is -0.496 e. The molecular formula is C14H11F3N2O3. The van der Waals surface area contributed by atoms with Crippen molar-refractivity contribution in [2.45, 2.75) is 6.18 Å². The molecule has 0 radical (unpaired) electrons. The van der Waals surface area contributed by atoms with E-state index < -0.39 is 17.7 Å². The maximum absolute atomic E-state index is 12.9. The van der Waals surface area contributed by atoms with E-state index >= 15 is 0 Å². The summed E-state index contributed by atoms with van der Waals surface area (Å²) in [5.41, 5.74) is -1.06. The molecule has 0 aliphatic rings. The quantitative estimate of drug-likeness (QED) is 0.903. The van der Waals surface area contributed by atoms with Gasteiger partial charge in [-0.2, -0.15) is 13.2 Å². The standard InChI is InChI=1S/C14H11F3N2O3/c1-22-11-5-4-8(7-10(11)14(15,16)17)19-12-9(13(20)21)3-2-6-18-12/h2-7H,1H3,(H,18,19)(H,20,21). The number of benzene rings is 1. The third-order valence-electron chi connectivity index (χ3n) is 2.81. The van der Waals surface area contributed by atoms with Gasteiger partial charge in [-0.25, -0.2) is 9.78 Å². The summed E-state index contributed by atoms with van der Waals surface area (Å²) in [6.07, 6.45) is -3.26. The molecule has 22 heavy (non-hydrogen) atoms. The van der Waals surface area contributed by atoms with Crippen molar-refractivity contribution in [3.05, 3.63) is 47.7 Å². The van der Waals surface area contributed by atoms with E-state index in [1.807, 2.05) is 0 Å². The van der Waals surface area contributed by atoms with E-state index in [0.717, 1.165) is 19.2 Å². The van der Waals surface area contributed by atoms with Gasteiger partial charge >= 0.3 is 12.1 Å². The van der Waals surface area contributed by atoms with E-state index in [4.69, 9.17) is 5.11 Å². The van der Waals surface area contributed by atoms with Crippen molar-refractivity contribution in [1.82, 2.24) is 4.98 Å². The molecule has 0 saturated heterocycles. The summed E-state index contributed by atoms with van der Waals surface area (Å²) < 4.78 is 43.5. The first-order valence-corrected chi connectivity index (χ1v) is 6.03. The topological polar surface area (TPSA) is 71.5 Å². The summed E-state index contributed by atoms with van der Waals surface area (Å²) in [6.45, 7) is 0. The van der Waals surface area contributed by atoms with Crippen LogP contribution in [0.4, 0.5) is 24.7 Å². The number of nitrogens with zero attached hydrogens (tertiary/aromatic N) is 1. The van der Waals surface area contributed by atoms with E-state index in [1.165, 1.54) is 24.4 Å². The highest BCUT2D eigenvalue weighted by atomic mass is 19.4. The molecule has 0 aliphatic carbocycles. The minimum absolute atomic E-state index is 0.0479. The highest BCUT2D eigenvalue weighted by Gasteiger charge is 2.34. The van der Waals surface area contributed by atoms with Crippen LogP contribution in [-0.4, -0.2) is 23.2 Å². The number of rotatable bonds is 4. The van der Waals surface area contributed by atoms with Gasteiger partial charge in [-0.15, -0.1) is 0 Å². The molecule has 0 aliphatic heterocycles. The number of hydrogen-bond donors (Lipinski definition) is 2. The molecule has 8 heteroatoms. The molecule has 2 N–H and O–H groups in total. The molecule has 2 aromatic rings. The normalized spacial score (nSPS) is 11.1. The van der Waals surface area contributed by atoms with Gasteiger partial charge in [-0.3, -0.25) is 0 Å². The number of carboxylic acids is 1. The Bertz CT molecular complexity index is 702. The van der Waals surface area contributed by atoms with Crippen LogP contribution in [0.25, 0.3) is 0 Å². The maximum atomic E-state index is 12.9. The number of alkyl halides is 3. The van der Waals surface area contributed by atoms with Gasteiger partial charge in [0.2, 0.25) is 0 Å². The smallest absolute Gasteiger partial charge is 0.420 e. The molecule has 116 valence electrons. The Balaban J connectivity index is 2.41. The average molecular weight is 312 g/mol. The third kappa shape index (κ3) is 3.27. The van der Waals surface area contributed by atoms with Gasteiger partial charge in [0.05, 0.1) is 12.7 Å². The number of carbonyl (C=O) groups is 1. The van der Waals surface area contributed by atoms with Crippen LogP contribution in [-0.2, 0) is 6.18 Å². The van der Waals surface area contributed by atoms with Crippen LogP contribution in [0, 0.1) is 0 Å². The number of ether oxygens (including phenoxy) is 1. The molecule has 1 aromatic carbocycles. The van der Waals surface area contributed by atoms with Gasteiger partial charge in [0.15, 0.2) is 0 Å². The zero-order chi connectivity index (χ0) is 16.3. The van der Waals surface area contributed by atoms with Gasteiger partial charge < -0.3 is 15.2 Å². The van der Waals surface area contributed by atoms with Crippen molar-refractivity contribution in [2.24, 2.45) is 0 Å². The van der Waals surface area contributed by atoms with Crippen molar-refractivity contribution >= 4 is 17.5 Å². The van der Waals surface area contributed by atoms with E-state index in [9.17, 15) is 18.0 Å². The average Bonchev–Trinajstić information content (AvgIpc) is 2.46. The first kappa shape index (κ1) is 15.6. The van der Waals surface area contributed by atoms with Crippen molar-refractivity contribution in [3.8, 4) is 5.75 Å². The Labute approximate surface area is 123 Å². The van der Waals surface area contributed by atoms with Crippen LogP contribution in [0.1, 0.15) is 15.9 Å². The second-order valence-electron chi connectivity index (χ2n) is 4.24. The zero-order valence-electron chi connectivity index (χ0n) is 11.3. The Morgan fingerprint density at radius 3 is 2.64 bits per heavy atom. The monoisotopic (exact) mass is 312 g/mol. The van der Waals surface area contributed by atoms with E-state index in [0.29, 0.717) is 0 Å². The molecule has 0 spiro atoms. The van der Waals surface area contributed by atoms with E-state index in [1.54, 1.807) is 0 Å². The van der Waals surface area contributed by atoms with Crippen molar-refractivity contribution in [1.29, 1.82) is 0 Å². The van der Waals surface area contributed by atoms with Gasteiger partial charge in [0, 0.05) is 11.9 Å². The number of pyridine rings is 1. The Kier molecular flexibility index (Phi) is 4.20. The van der Waals surface area contributed by atoms with Gasteiger partial charge in [0.25, 0.3) is 0 Å². The van der Waals surface area contributed by atoms with Gasteiger partial charge in [0.1, 0.15) is 17.1 Å². The van der Waals surface area contributed by atoms with Crippen molar-refractivity contribution in [3.63, 3.8) is 0 Å². The lowest BCUT2D eigenvalue weighted by Crippen LogP contribution is -2.09. The first-order chi connectivity index (χ1) is 10.3. The first-order valence-electron chi connectivity index (χ1n) is 6.03. The fraction of sp³-hybridized carbons (Fsp3) is 0.143. The number of aromatic carboxylic acids is 1. The third-order valence-corrected chi connectivity index (χ3v) is 2.81. The summed E-state index contributed by atoms with van der Waals surface area (Å²) in [6, 6.07) is 6.04. The molecule has 5 nitrogen and oxygen atoms in total. The fourth-order valence-corrected chi connectivity index (χ4v) is 1.82. The molecule has 0 bridgehead atoms. The highest BCUT2D eigenvalue weighted by Crippen LogP contribution is 2.38. The SMILES string of the molecule is COc1ccc(Nc2ncccc2C(=O)O)cc1C(F)(F)F. The highest BCUT2D eigenvalue weighted by molar-refractivity contribution is 5.93. The molecule has 2 rings (SSSR count). The number of halogens is 3. The lowest BCUT2D eigenvalue weighted by Gasteiger charge is -2.14. The summed E-state index contributed by atoms with van der Waals surface area (Å²) in [5.74, 6) is -1.61. The predicted octanol–water partition coefficient (Wildman–Crippen LogP) is 3.55. The lowest BCUT2D eigenvalue weighted by molar-refractivity contribution is -0.138. The number of aromatic nitrogens is 1. The van der Waals surface area contributed by atoms with Crippen LogP contribution < -0.4 is 10.1 Å². The molecule has 1 aromatic heterocycles. The van der Waals surface area contributed by atoms with E-state index in [2.05, 4.69) is 15.0 Å². The van der Waals surface area contributed by atoms with Crippen LogP contribution in [0.3, 0.4) is 0 Å². The molecule has 0 atom stereocenters. The summed E-state index contributed by atoms with van der Waals surface area (Å²) in [7, 11) is 1.14. The number of methoxy groups -OCH3 is 1. The van der Waals surface area contributed by atoms with Crippen molar-refractivity contribution in [2.75, 3.05) is 12.4 Å². The molecule has 0 amide bonds. The summed E-state index contributed by atoms with van der Waals surface area (Å²) in [5, 5.41) is 11.6. The number of hydrogen-bond acceptors (Lipinski definition) is 4. The second-order valence-corrected chi connectivity index (χ2v) is 4.24. The number of carboxylic acid groups (broad SMARTS) is 1. The molecule has 0 saturated carbocycles. The predicted molar refractivity (Wildman–Crippen MR) is 72.5 cm³/mol. The maximum Gasteiger partial charge on any atom is 0.420 e. The number of nitrogens with one attached hydrogen (secondary N) is 1. The van der Waals surface area contributed by atoms with Gasteiger partial charge in [-0.05, 0) is 30.3 Å². The molecule has 0 fully saturated rings.